The fourth-order valence-electron chi connectivity index (χ4n) is 5.05. The molecule has 184 valence electrons. The van der Waals surface area contributed by atoms with Gasteiger partial charge in [0.1, 0.15) is 5.82 Å². The van der Waals surface area contributed by atoms with E-state index in [4.69, 9.17) is 16.7 Å². The number of benzene rings is 2. The summed E-state index contributed by atoms with van der Waals surface area (Å²) in [6.07, 6.45) is -1.69. The number of likely N-dealkylation sites (tertiary alicyclic amines) is 1. The lowest BCUT2D eigenvalue weighted by molar-refractivity contribution is -0.143. The minimum atomic E-state index is -4.32. The summed E-state index contributed by atoms with van der Waals surface area (Å²) < 4.78 is 41.0. The Bertz CT molecular complexity index is 1200. The predicted octanol–water partition coefficient (Wildman–Crippen LogP) is 5.17. The van der Waals surface area contributed by atoms with Gasteiger partial charge < -0.3 is 5.32 Å². The largest absolute Gasteiger partial charge is 0.401 e. The highest BCUT2D eigenvalue weighted by atomic mass is 35.5. The molecule has 1 aliphatic heterocycles. The van der Waals surface area contributed by atoms with Crippen molar-refractivity contribution in [1.29, 1.82) is 0 Å². The molecule has 5 rings (SSSR count). The third-order valence-corrected chi connectivity index (χ3v) is 6.80. The van der Waals surface area contributed by atoms with Crippen LogP contribution in [-0.2, 0) is 12.8 Å². The maximum atomic E-state index is 13.1. The second kappa shape index (κ2) is 9.54. The van der Waals surface area contributed by atoms with E-state index in [0.29, 0.717) is 10.8 Å². The van der Waals surface area contributed by atoms with Gasteiger partial charge in [-0.1, -0.05) is 41.9 Å². The minimum absolute atomic E-state index is 0.0935. The normalized spacial score (nSPS) is 20.1. The molecule has 1 aliphatic carbocycles. The first kappa shape index (κ1) is 23.7. The van der Waals surface area contributed by atoms with Crippen molar-refractivity contribution in [3.8, 4) is 5.69 Å². The minimum Gasteiger partial charge on any atom is -0.333 e. The Hall–Kier alpha value is -3.04. The Morgan fingerprint density at radius 3 is 2.51 bits per heavy atom. The molecule has 2 heterocycles. The van der Waals surface area contributed by atoms with Gasteiger partial charge in [0.15, 0.2) is 0 Å². The summed E-state index contributed by atoms with van der Waals surface area (Å²) in [5, 5.41) is 11.1. The van der Waals surface area contributed by atoms with Crippen molar-refractivity contribution in [3.63, 3.8) is 0 Å². The van der Waals surface area contributed by atoms with Crippen molar-refractivity contribution in [2.45, 2.75) is 37.4 Å². The van der Waals surface area contributed by atoms with Gasteiger partial charge in [-0.3, -0.25) is 10.2 Å². The fraction of sp³-hybridized carbons (Fsp3) is 0.360. The first-order valence-corrected chi connectivity index (χ1v) is 11.9. The molecule has 2 atom stereocenters. The SMILES string of the molecule is O=C(Nc1c2c(nn1-c1ccccc1)CCC2)N[C@@H]1CN(CC(F)(F)F)CC1c1ccc(Cl)cc1. The van der Waals surface area contributed by atoms with E-state index in [2.05, 4.69) is 10.6 Å². The van der Waals surface area contributed by atoms with Crippen LogP contribution < -0.4 is 10.6 Å². The maximum absolute atomic E-state index is 13.1. The third-order valence-electron chi connectivity index (χ3n) is 6.55. The first-order valence-electron chi connectivity index (χ1n) is 11.5. The van der Waals surface area contributed by atoms with Gasteiger partial charge in [-0.2, -0.15) is 18.3 Å². The lowest BCUT2D eigenvalue weighted by Gasteiger charge is -2.21. The molecule has 3 aromatic rings. The average Bonchev–Trinajstić information content (AvgIpc) is 3.50. The van der Waals surface area contributed by atoms with Crippen LogP contribution in [0.25, 0.3) is 5.69 Å². The predicted molar refractivity (Wildman–Crippen MR) is 128 cm³/mol. The van der Waals surface area contributed by atoms with Gasteiger partial charge in [-0.15, -0.1) is 0 Å². The van der Waals surface area contributed by atoms with Gasteiger partial charge in [0.2, 0.25) is 0 Å². The van der Waals surface area contributed by atoms with Crippen molar-refractivity contribution >= 4 is 23.4 Å². The topological polar surface area (TPSA) is 62.2 Å². The van der Waals surface area contributed by atoms with Crippen LogP contribution in [0.5, 0.6) is 0 Å². The molecule has 1 fully saturated rings. The number of carbonyl (C=O) groups excluding carboxylic acids is 1. The molecular weight excluding hydrogens is 479 g/mol. The molecule has 1 unspecified atom stereocenters. The van der Waals surface area contributed by atoms with E-state index in [-0.39, 0.29) is 19.0 Å². The zero-order valence-electron chi connectivity index (χ0n) is 18.9. The number of hydrogen-bond acceptors (Lipinski definition) is 3. The highest BCUT2D eigenvalue weighted by Gasteiger charge is 2.40. The zero-order valence-corrected chi connectivity index (χ0v) is 19.6. The molecule has 2 amide bonds. The standard InChI is InChI=1S/C25H25ClF3N5O/c26-17-11-9-16(10-12-17)20-13-33(15-25(27,28)29)14-22(20)30-24(35)31-23-19-7-4-8-21(19)32-34(23)18-5-2-1-3-6-18/h1-3,5-6,9-12,20,22H,4,7-8,13-15H2,(H2,30,31,35)/t20?,22-/m1/s1. The van der Waals surface area contributed by atoms with Crippen molar-refractivity contribution < 1.29 is 18.0 Å². The summed E-state index contributed by atoms with van der Waals surface area (Å²) in [7, 11) is 0. The molecule has 6 nitrogen and oxygen atoms in total. The summed E-state index contributed by atoms with van der Waals surface area (Å²) >= 11 is 6.00. The molecule has 10 heteroatoms. The highest BCUT2D eigenvalue weighted by molar-refractivity contribution is 6.30. The number of para-hydroxylation sites is 1. The van der Waals surface area contributed by atoms with Crippen LogP contribution in [-0.4, -0.2) is 52.6 Å². The smallest absolute Gasteiger partial charge is 0.333 e. The van der Waals surface area contributed by atoms with E-state index in [1.807, 2.05) is 30.3 Å². The summed E-state index contributed by atoms with van der Waals surface area (Å²) in [5.41, 5.74) is 3.62. The zero-order chi connectivity index (χ0) is 24.6. The van der Waals surface area contributed by atoms with E-state index in [1.54, 1.807) is 28.9 Å². The van der Waals surface area contributed by atoms with Crippen LogP contribution in [0.3, 0.4) is 0 Å². The van der Waals surface area contributed by atoms with Crippen LogP contribution in [0, 0.1) is 0 Å². The van der Waals surface area contributed by atoms with Crippen LogP contribution >= 0.6 is 11.6 Å². The van der Waals surface area contributed by atoms with E-state index in [9.17, 15) is 18.0 Å². The molecule has 0 radical (unpaired) electrons. The molecule has 1 saturated heterocycles. The van der Waals surface area contributed by atoms with E-state index in [1.165, 1.54) is 4.90 Å². The number of rotatable bonds is 5. The molecule has 2 aromatic carbocycles. The van der Waals surface area contributed by atoms with Gasteiger partial charge in [-0.25, -0.2) is 9.48 Å². The third kappa shape index (κ3) is 5.31. The van der Waals surface area contributed by atoms with Gasteiger partial charge >= 0.3 is 12.2 Å². The number of hydrogen-bond donors (Lipinski definition) is 2. The van der Waals surface area contributed by atoms with E-state index < -0.39 is 24.8 Å². The van der Waals surface area contributed by atoms with E-state index >= 15 is 0 Å². The summed E-state index contributed by atoms with van der Waals surface area (Å²) in [6, 6.07) is 15.6. The number of amides is 2. The number of nitrogens with one attached hydrogen (secondary N) is 2. The Morgan fingerprint density at radius 2 is 1.80 bits per heavy atom. The summed E-state index contributed by atoms with van der Waals surface area (Å²) in [4.78, 5) is 14.5. The molecule has 2 N–H and O–H groups in total. The number of carbonyl (C=O) groups is 1. The van der Waals surface area contributed by atoms with Crippen LogP contribution in [0.2, 0.25) is 5.02 Å². The molecule has 35 heavy (non-hydrogen) atoms. The maximum Gasteiger partial charge on any atom is 0.401 e. The van der Waals surface area contributed by atoms with Gasteiger partial charge in [0.25, 0.3) is 0 Å². The number of nitrogens with zero attached hydrogens (tertiary/aromatic N) is 3. The first-order chi connectivity index (χ1) is 16.8. The van der Waals surface area contributed by atoms with Gasteiger partial charge in [0.05, 0.1) is 24.0 Å². The second-order valence-corrected chi connectivity index (χ2v) is 9.48. The second-order valence-electron chi connectivity index (χ2n) is 9.05. The Morgan fingerprint density at radius 1 is 1.06 bits per heavy atom. The molecule has 2 aliphatic rings. The number of alkyl halides is 3. The van der Waals surface area contributed by atoms with Gasteiger partial charge in [0, 0.05) is 29.6 Å². The highest BCUT2D eigenvalue weighted by Crippen LogP contribution is 2.33. The van der Waals surface area contributed by atoms with Crippen LogP contribution in [0.15, 0.2) is 54.6 Å². The quantitative estimate of drug-likeness (QED) is 0.505. The molecule has 0 bridgehead atoms. The number of anilines is 1. The fourth-order valence-corrected chi connectivity index (χ4v) is 5.18. The lowest BCUT2D eigenvalue weighted by Crippen LogP contribution is -2.43. The molecular formula is C25H25ClF3N5O. The Labute approximate surface area is 206 Å². The van der Waals surface area contributed by atoms with E-state index in [0.717, 1.165) is 41.8 Å². The van der Waals surface area contributed by atoms with Crippen molar-refractivity contribution in [2.75, 3.05) is 25.0 Å². The van der Waals surface area contributed by atoms with Crippen molar-refractivity contribution in [1.82, 2.24) is 20.0 Å². The van der Waals surface area contributed by atoms with Crippen LogP contribution in [0.4, 0.5) is 23.8 Å². The number of urea groups is 1. The lowest BCUT2D eigenvalue weighted by atomic mass is 9.94. The van der Waals surface area contributed by atoms with Crippen molar-refractivity contribution in [2.24, 2.45) is 0 Å². The number of aromatic nitrogens is 2. The number of halogens is 4. The molecule has 0 saturated carbocycles. The number of aryl methyl sites for hydroxylation is 1. The van der Waals surface area contributed by atoms with Gasteiger partial charge in [-0.05, 0) is 49.1 Å². The molecule has 0 spiro atoms. The Balaban J connectivity index is 1.37. The summed E-state index contributed by atoms with van der Waals surface area (Å²) in [5.74, 6) is 0.305. The average molecular weight is 504 g/mol. The van der Waals surface area contributed by atoms with Crippen LogP contribution in [0.1, 0.15) is 29.2 Å². The summed E-state index contributed by atoms with van der Waals surface area (Å²) in [6.45, 7) is -0.745. The monoisotopic (exact) mass is 503 g/mol. The van der Waals surface area contributed by atoms with Crippen molar-refractivity contribution in [3.05, 3.63) is 76.4 Å². The number of fused-ring (bicyclic) bond motifs is 1. The Kier molecular flexibility index (Phi) is 6.46. The molecule has 1 aromatic heterocycles.